The summed E-state index contributed by atoms with van der Waals surface area (Å²) >= 11 is 0. The summed E-state index contributed by atoms with van der Waals surface area (Å²) in [6.07, 6.45) is -1.000. The van der Waals surface area contributed by atoms with Crippen LogP contribution in [0.3, 0.4) is 0 Å². The number of benzene rings is 1. The molecule has 0 aliphatic rings. The van der Waals surface area contributed by atoms with E-state index in [1.54, 1.807) is 31.2 Å². The van der Waals surface area contributed by atoms with Crippen LogP contribution in [0.1, 0.15) is 19.7 Å². The largest absolute Gasteiger partial charge is 0.453 e. The van der Waals surface area contributed by atoms with Crippen molar-refractivity contribution in [2.45, 2.75) is 26.9 Å². The number of rotatable bonds is 3. The summed E-state index contributed by atoms with van der Waals surface area (Å²) in [4.78, 5) is 39.3. The Morgan fingerprint density at radius 1 is 1.33 bits per heavy atom. The average Bonchev–Trinajstić information content (AvgIpc) is 2.42. The Kier molecular flexibility index (Phi) is 4.02. The predicted molar refractivity (Wildman–Crippen MR) is 76.3 cm³/mol. The van der Waals surface area contributed by atoms with Crippen molar-refractivity contribution in [2.75, 3.05) is 5.43 Å². The highest BCUT2D eigenvalue weighted by molar-refractivity contribution is 5.89. The highest BCUT2D eigenvalue weighted by Gasteiger charge is 2.18. The Morgan fingerprint density at radius 2 is 2.00 bits per heavy atom. The molecular formula is C14H15N3O4. The number of aromatic nitrogens is 2. The minimum absolute atomic E-state index is 0.335. The van der Waals surface area contributed by atoms with Gasteiger partial charge < -0.3 is 4.74 Å². The Bertz CT molecular complexity index is 766. The molecular weight excluding hydrogens is 274 g/mol. The number of amides is 1. The summed E-state index contributed by atoms with van der Waals surface area (Å²) in [6.45, 7) is 4.23. The fourth-order valence-electron chi connectivity index (χ4n) is 1.88. The van der Waals surface area contributed by atoms with Gasteiger partial charge in [0, 0.05) is 6.92 Å². The first-order valence-corrected chi connectivity index (χ1v) is 6.36. The van der Waals surface area contributed by atoms with E-state index in [2.05, 4.69) is 10.4 Å². The van der Waals surface area contributed by atoms with Gasteiger partial charge in [-0.2, -0.15) is 0 Å². The Morgan fingerprint density at radius 3 is 2.67 bits per heavy atom. The third kappa shape index (κ3) is 3.07. The number of nitrogens with one attached hydrogen (secondary N) is 1. The number of hydrogen-bond donors (Lipinski definition) is 1. The number of carbonyl (C=O) groups is 2. The van der Waals surface area contributed by atoms with Gasteiger partial charge in [0.25, 0.3) is 11.5 Å². The molecule has 0 radical (unpaired) electrons. The first-order chi connectivity index (χ1) is 9.90. The fourth-order valence-corrected chi connectivity index (χ4v) is 1.88. The second-order valence-corrected chi connectivity index (χ2v) is 4.54. The second kappa shape index (κ2) is 5.74. The Hall–Kier alpha value is -2.70. The molecule has 0 saturated heterocycles. The van der Waals surface area contributed by atoms with Gasteiger partial charge in [0.2, 0.25) is 0 Å². The van der Waals surface area contributed by atoms with Crippen LogP contribution in [0.2, 0.25) is 0 Å². The van der Waals surface area contributed by atoms with Crippen molar-refractivity contribution in [3.05, 3.63) is 40.4 Å². The SMILES string of the molecule is CC(=O)O[C@@H](C)C(=O)Nn1c(C)nc2ccccc2c1=O. The van der Waals surface area contributed by atoms with Gasteiger partial charge in [-0.3, -0.25) is 19.8 Å². The standard InChI is InChI=1S/C14H15N3O4/c1-8(21-10(3)18)13(19)16-17-9(2)15-12-7-5-4-6-11(12)14(17)20/h4-8H,1-3H3,(H,16,19)/t8-/m0/s1. The molecule has 7 nitrogen and oxygen atoms in total. The van der Waals surface area contributed by atoms with Crippen LogP contribution in [0, 0.1) is 6.92 Å². The number of para-hydroxylation sites is 1. The van der Waals surface area contributed by atoms with Crippen molar-refractivity contribution in [1.82, 2.24) is 9.66 Å². The molecule has 1 heterocycles. The third-order valence-corrected chi connectivity index (χ3v) is 2.88. The van der Waals surface area contributed by atoms with Crippen molar-refractivity contribution in [2.24, 2.45) is 0 Å². The molecule has 0 saturated carbocycles. The molecule has 21 heavy (non-hydrogen) atoms. The molecule has 2 rings (SSSR count). The average molecular weight is 289 g/mol. The van der Waals surface area contributed by atoms with Gasteiger partial charge in [0.05, 0.1) is 10.9 Å². The number of ether oxygens (including phenoxy) is 1. The number of hydrogen-bond acceptors (Lipinski definition) is 5. The topological polar surface area (TPSA) is 90.3 Å². The highest BCUT2D eigenvalue weighted by Crippen LogP contribution is 2.06. The smallest absolute Gasteiger partial charge is 0.303 e. The summed E-state index contributed by atoms with van der Waals surface area (Å²) in [5, 5.41) is 0.392. The first-order valence-electron chi connectivity index (χ1n) is 6.36. The van der Waals surface area contributed by atoms with Crippen LogP contribution in [0.4, 0.5) is 0 Å². The maximum Gasteiger partial charge on any atom is 0.303 e. The normalized spacial score (nSPS) is 12.0. The minimum Gasteiger partial charge on any atom is -0.453 e. The van der Waals surface area contributed by atoms with Crippen LogP contribution in [0.25, 0.3) is 10.9 Å². The Labute approximate surface area is 120 Å². The van der Waals surface area contributed by atoms with Gasteiger partial charge in [-0.05, 0) is 26.0 Å². The monoisotopic (exact) mass is 289 g/mol. The molecule has 0 spiro atoms. The molecule has 0 unspecified atom stereocenters. The van der Waals surface area contributed by atoms with E-state index < -0.39 is 18.0 Å². The van der Waals surface area contributed by atoms with Crippen molar-refractivity contribution in [3.63, 3.8) is 0 Å². The highest BCUT2D eigenvalue weighted by atomic mass is 16.5. The lowest BCUT2D eigenvalue weighted by Gasteiger charge is -2.15. The zero-order valence-electron chi connectivity index (χ0n) is 11.9. The van der Waals surface area contributed by atoms with Crippen molar-refractivity contribution in [1.29, 1.82) is 0 Å². The molecule has 1 amide bonds. The number of aryl methyl sites for hydroxylation is 1. The second-order valence-electron chi connectivity index (χ2n) is 4.54. The number of esters is 1. The van der Waals surface area contributed by atoms with E-state index in [0.29, 0.717) is 16.7 Å². The minimum atomic E-state index is -1.000. The van der Waals surface area contributed by atoms with Crippen LogP contribution in [-0.2, 0) is 14.3 Å². The molecule has 0 aliphatic carbocycles. The summed E-state index contributed by atoms with van der Waals surface area (Å²) in [5.74, 6) is -0.840. The lowest BCUT2D eigenvalue weighted by Crippen LogP contribution is -2.40. The maximum absolute atomic E-state index is 12.3. The quantitative estimate of drug-likeness (QED) is 0.841. The van der Waals surface area contributed by atoms with Crippen LogP contribution in [-0.4, -0.2) is 27.6 Å². The summed E-state index contributed by atoms with van der Waals surface area (Å²) in [6, 6.07) is 6.84. The van der Waals surface area contributed by atoms with Crippen LogP contribution in [0.5, 0.6) is 0 Å². The number of fused-ring (bicyclic) bond motifs is 1. The number of carbonyl (C=O) groups excluding carboxylic acids is 2. The third-order valence-electron chi connectivity index (χ3n) is 2.88. The molecule has 1 N–H and O–H groups in total. The summed E-state index contributed by atoms with van der Waals surface area (Å²) < 4.78 is 5.81. The van der Waals surface area contributed by atoms with Crippen molar-refractivity contribution >= 4 is 22.8 Å². The molecule has 2 aromatic rings. The van der Waals surface area contributed by atoms with Gasteiger partial charge in [0.15, 0.2) is 6.10 Å². The van der Waals surface area contributed by atoms with E-state index in [-0.39, 0.29) is 5.56 Å². The molecule has 1 atom stereocenters. The van der Waals surface area contributed by atoms with Gasteiger partial charge in [-0.25, -0.2) is 9.66 Å². The van der Waals surface area contributed by atoms with Crippen molar-refractivity contribution in [3.8, 4) is 0 Å². The zero-order chi connectivity index (χ0) is 15.6. The summed E-state index contributed by atoms with van der Waals surface area (Å²) in [5.41, 5.74) is 2.57. The van der Waals surface area contributed by atoms with Gasteiger partial charge in [-0.15, -0.1) is 0 Å². The van der Waals surface area contributed by atoms with E-state index in [1.165, 1.54) is 13.8 Å². The van der Waals surface area contributed by atoms with E-state index in [4.69, 9.17) is 4.74 Å². The van der Waals surface area contributed by atoms with E-state index in [9.17, 15) is 14.4 Å². The lowest BCUT2D eigenvalue weighted by molar-refractivity contribution is -0.151. The molecule has 1 aromatic carbocycles. The number of nitrogens with zero attached hydrogens (tertiary/aromatic N) is 2. The predicted octanol–water partition coefficient (Wildman–Crippen LogP) is 0.727. The van der Waals surface area contributed by atoms with Crippen LogP contribution < -0.4 is 11.0 Å². The first kappa shape index (κ1) is 14.7. The molecule has 7 heteroatoms. The molecule has 110 valence electrons. The maximum atomic E-state index is 12.3. The fraction of sp³-hybridized carbons (Fsp3) is 0.286. The van der Waals surface area contributed by atoms with Crippen LogP contribution >= 0.6 is 0 Å². The molecule has 0 bridgehead atoms. The molecule has 0 fully saturated rings. The van der Waals surface area contributed by atoms with Gasteiger partial charge in [-0.1, -0.05) is 12.1 Å². The van der Waals surface area contributed by atoms with Gasteiger partial charge >= 0.3 is 5.97 Å². The van der Waals surface area contributed by atoms with Crippen molar-refractivity contribution < 1.29 is 14.3 Å². The van der Waals surface area contributed by atoms with Crippen LogP contribution in [0.15, 0.2) is 29.1 Å². The Balaban J connectivity index is 2.37. The lowest BCUT2D eigenvalue weighted by atomic mass is 10.2. The van der Waals surface area contributed by atoms with E-state index in [1.807, 2.05) is 0 Å². The molecule has 1 aromatic heterocycles. The zero-order valence-corrected chi connectivity index (χ0v) is 11.9. The van der Waals surface area contributed by atoms with E-state index >= 15 is 0 Å². The molecule has 0 aliphatic heterocycles. The summed E-state index contributed by atoms with van der Waals surface area (Å²) in [7, 11) is 0. The van der Waals surface area contributed by atoms with Gasteiger partial charge in [0.1, 0.15) is 5.82 Å². The van der Waals surface area contributed by atoms with E-state index in [0.717, 1.165) is 4.68 Å².